The van der Waals surface area contributed by atoms with Gasteiger partial charge in [0.2, 0.25) is 5.95 Å². The Balaban J connectivity index is 2.16. The predicted octanol–water partition coefficient (Wildman–Crippen LogP) is 3.63. The van der Waals surface area contributed by atoms with Crippen LogP contribution in [-0.4, -0.2) is 9.55 Å². The fourth-order valence-electron chi connectivity index (χ4n) is 1.87. The van der Waals surface area contributed by atoms with Crippen molar-refractivity contribution in [1.29, 1.82) is 0 Å². The summed E-state index contributed by atoms with van der Waals surface area (Å²) >= 11 is 4.82. The van der Waals surface area contributed by atoms with Gasteiger partial charge in [-0.1, -0.05) is 0 Å². The van der Waals surface area contributed by atoms with Crippen LogP contribution >= 0.6 is 27.3 Å². The number of thiophene rings is 1. The molecule has 3 nitrogen and oxygen atoms in total. The first-order valence-electron chi connectivity index (χ1n) is 5.27. The number of aromatic nitrogens is 2. The van der Waals surface area contributed by atoms with Crippen molar-refractivity contribution in [2.45, 2.75) is 6.54 Å². The average molecular weight is 326 g/mol. The van der Waals surface area contributed by atoms with Gasteiger partial charge in [-0.2, -0.15) is 11.3 Å². The zero-order chi connectivity index (χ0) is 12.7. The van der Waals surface area contributed by atoms with Crippen LogP contribution in [0.4, 0.5) is 10.3 Å². The second kappa shape index (κ2) is 4.37. The molecular formula is C12H9BrFN3S. The summed E-state index contributed by atoms with van der Waals surface area (Å²) < 4.78 is 15.7. The van der Waals surface area contributed by atoms with E-state index in [0.29, 0.717) is 22.5 Å². The normalized spacial score (nSPS) is 11.2. The van der Waals surface area contributed by atoms with E-state index in [2.05, 4.69) is 26.3 Å². The number of hydrogen-bond acceptors (Lipinski definition) is 3. The van der Waals surface area contributed by atoms with E-state index in [1.807, 2.05) is 16.0 Å². The van der Waals surface area contributed by atoms with E-state index in [1.165, 1.54) is 6.07 Å². The highest BCUT2D eigenvalue weighted by molar-refractivity contribution is 9.10. The fraction of sp³-hybridized carbons (Fsp3) is 0.0833. The van der Waals surface area contributed by atoms with Crippen molar-refractivity contribution in [3.05, 3.63) is 44.8 Å². The molecule has 0 aliphatic heterocycles. The summed E-state index contributed by atoms with van der Waals surface area (Å²) in [6, 6.07) is 5.13. The number of rotatable bonds is 2. The monoisotopic (exact) mass is 325 g/mol. The summed E-state index contributed by atoms with van der Waals surface area (Å²) in [5, 5.41) is 4.07. The fourth-order valence-corrected chi connectivity index (χ4v) is 2.86. The smallest absolute Gasteiger partial charge is 0.201 e. The molecule has 6 heteroatoms. The third kappa shape index (κ3) is 1.91. The van der Waals surface area contributed by atoms with Gasteiger partial charge in [0.25, 0.3) is 0 Å². The van der Waals surface area contributed by atoms with Gasteiger partial charge >= 0.3 is 0 Å². The Morgan fingerprint density at radius 1 is 1.44 bits per heavy atom. The Bertz CT molecular complexity index is 706. The lowest BCUT2D eigenvalue weighted by molar-refractivity contribution is 0.622. The van der Waals surface area contributed by atoms with Gasteiger partial charge in [0, 0.05) is 6.07 Å². The Morgan fingerprint density at radius 2 is 2.28 bits per heavy atom. The summed E-state index contributed by atoms with van der Waals surface area (Å²) in [5.74, 6) is 0.0661. The summed E-state index contributed by atoms with van der Waals surface area (Å²) in [5.41, 5.74) is 8.44. The van der Waals surface area contributed by atoms with E-state index >= 15 is 0 Å². The van der Waals surface area contributed by atoms with Crippen LogP contribution in [0.1, 0.15) is 5.56 Å². The van der Waals surface area contributed by atoms with Crippen LogP contribution in [0.3, 0.4) is 0 Å². The van der Waals surface area contributed by atoms with E-state index in [4.69, 9.17) is 5.73 Å². The molecule has 0 atom stereocenters. The molecule has 0 radical (unpaired) electrons. The Hall–Kier alpha value is -1.40. The minimum Gasteiger partial charge on any atom is -0.369 e. The van der Waals surface area contributed by atoms with Gasteiger partial charge in [0.1, 0.15) is 5.82 Å². The van der Waals surface area contributed by atoms with Crippen molar-refractivity contribution in [1.82, 2.24) is 9.55 Å². The van der Waals surface area contributed by atoms with E-state index in [9.17, 15) is 4.39 Å². The van der Waals surface area contributed by atoms with Gasteiger partial charge in [-0.25, -0.2) is 9.37 Å². The summed E-state index contributed by atoms with van der Waals surface area (Å²) in [7, 11) is 0. The second-order valence-electron chi connectivity index (χ2n) is 3.94. The van der Waals surface area contributed by atoms with Crippen LogP contribution in [-0.2, 0) is 6.54 Å². The number of nitrogen functional groups attached to an aromatic ring is 1. The Labute approximate surface area is 115 Å². The third-order valence-electron chi connectivity index (χ3n) is 2.74. The molecule has 0 aliphatic rings. The lowest BCUT2D eigenvalue weighted by Gasteiger charge is -2.05. The number of nitrogens with zero attached hydrogens (tertiary/aromatic N) is 2. The molecule has 2 heterocycles. The number of fused-ring (bicyclic) bond motifs is 1. The maximum atomic E-state index is 13.4. The third-order valence-corrected chi connectivity index (χ3v) is 4.08. The van der Waals surface area contributed by atoms with Crippen LogP contribution < -0.4 is 5.73 Å². The highest BCUT2D eigenvalue weighted by atomic mass is 79.9. The SMILES string of the molecule is Nc1nc2cc(F)c(Br)cc2n1Cc1ccsc1. The van der Waals surface area contributed by atoms with Gasteiger partial charge in [0.15, 0.2) is 0 Å². The van der Waals surface area contributed by atoms with Gasteiger partial charge in [-0.3, -0.25) is 0 Å². The molecular weight excluding hydrogens is 317 g/mol. The zero-order valence-electron chi connectivity index (χ0n) is 9.23. The molecule has 0 saturated heterocycles. The van der Waals surface area contributed by atoms with Gasteiger partial charge in [-0.15, -0.1) is 0 Å². The number of halogens is 2. The standard InChI is InChI=1S/C12H9BrFN3S/c13-8-3-11-10(4-9(8)14)16-12(15)17(11)5-7-1-2-18-6-7/h1-4,6H,5H2,(H2,15,16). The Morgan fingerprint density at radius 3 is 3.00 bits per heavy atom. The van der Waals surface area contributed by atoms with Crippen molar-refractivity contribution in [2.24, 2.45) is 0 Å². The van der Waals surface area contributed by atoms with Crippen LogP contribution in [0.2, 0.25) is 0 Å². The molecule has 0 fully saturated rings. The topological polar surface area (TPSA) is 43.8 Å². The molecule has 1 aromatic carbocycles. The van der Waals surface area contributed by atoms with E-state index in [0.717, 1.165) is 11.1 Å². The molecule has 0 spiro atoms. The molecule has 0 unspecified atom stereocenters. The van der Waals surface area contributed by atoms with Gasteiger partial charge in [0.05, 0.1) is 22.1 Å². The van der Waals surface area contributed by atoms with Crippen molar-refractivity contribution < 1.29 is 4.39 Å². The maximum absolute atomic E-state index is 13.4. The van der Waals surface area contributed by atoms with E-state index < -0.39 is 0 Å². The van der Waals surface area contributed by atoms with Crippen molar-refractivity contribution in [2.75, 3.05) is 5.73 Å². The highest BCUT2D eigenvalue weighted by Gasteiger charge is 2.11. The largest absolute Gasteiger partial charge is 0.369 e. The van der Waals surface area contributed by atoms with Crippen LogP contribution in [0.15, 0.2) is 33.4 Å². The molecule has 3 aromatic rings. The Kier molecular flexibility index (Phi) is 2.83. The molecule has 92 valence electrons. The highest BCUT2D eigenvalue weighted by Crippen LogP contribution is 2.26. The number of anilines is 1. The van der Waals surface area contributed by atoms with E-state index in [1.54, 1.807) is 17.4 Å². The number of imidazole rings is 1. The molecule has 0 saturated carbocycles. The molecule has 0 amide bonds. The molecule has 2 aromatic heterocycles. The maximum Gasteiger partial charge on any atom is 0.201 e. The first-order chi connectivity index (χ1) is 8.65. The quantitative estimate of drug-likeness (QED) is 0.781. The number of benzene rings is 1. The molecule has 18 heavy (non-hydrogen) atoms. The van der Waals surface area contributed by atoms with Crippen molar-refractivity contribution in [3.8, 4) is 0 Å². The first kappa shape index (κ1) is 11.7. The number of hydrogen-bond donors (Lipinski definition) is 1. The minimum absolute atomic E-state index is 0.331. The molecule has 3 rings (SSSR count). The first-order valence-corrected chi connectivity index (χ1v) is 7.00. The summed E-state index contributed by atoms with van der Waals surface area (Å²) in [6.07, 6.45) is 0. The average Bonchev–Trinajstić information content (AvgIpc) is 2.92. The lowest BCUT2D eigenvalue weighted by Crippen LogP contribution is -2.03. The van der Waals surface area contributed by atoms with Crippen LogP contribution in [0, 0.1) is 5.82 Å². The molecule has 0 bridgehead atoms. The lowest BCUT2D eigenvalue weighted by atomic mass is 10.3. The zero-order valence-corrected chi connectivity index (χ0v) is 11.6. The van der Waals surface area contributed by atoms with Crippen LogP contribution in [0.5, 0.6) is 0 Å². The van der Waals surface area contributed by atoms with Gasteiger partial charge in [-0.05, 0) is 44.4 Å². The molecule has 0 aliphatic carbocycles. The van der Waals surface area contributed by atoms with Crippen molar-refractivity contribution >= 4 is 44.2 Å². The second-order valence-corrected chi connectivity index (χ2v) is 5.58. The predicted molar refractivity (Wildman–Crippen MR) is 75.2 cm³/mol. The number of nitrogens with two attached hydrogens (primary N) is 1. The summed E-state index contributed by atoms with van der Waals surface area (Å²) in [6.45, 7) is 0.643. The van der Waals surface area contributed by atoms with Gasteiger partial charge < -0.3 is 10.3 Å². The minimum atomic E-state index is -0.331. The summed E-state index contributed by atoms with van der Waals surface area (Å²) in [4.78, 5) is 4.18. The van der Waals surface area contributed by atoms with Crippen LogP contribution in [0.25, 0.3) is 11.0 Å². The molecule has 2 N–H and O–H groups in total. The van der Waals surface area contributed by atoms with E-state index in [-0.39, 0.29) is 5.82 Å². The van der Waals surface area contributed by atoms with Crippen molar-refractivity contribution in [3.63, 3.8) is 0 Å².